The van der Waals surface area contributed by atoms with Crippen molar-refractivity contribution in [3.63, 3.8) is 0 Å². The van der Waals surface area contributed by atoms with Crippen LogP contribution < -0.4 is 0 Å². The van der Waals surface area contributed by atoms with E-state index in [1.807, 2.05) is 6.08 Å². The zero-order chi connectivity index (χ0) is 13.1. The van der Waals surface area contributed by atoms with Crippen LogP contribution in [-0.4, -0.2) is 22.2 Å². The average molecular weight is 252 g/mol. The summed E-state index contributed by atoms with van der Waals surface area (Å²) < 4.78 is 5.08. The van der Waals surface area contributed by atoms with Gasteiger partial charge in [0.2, 0.25) is 0 Å². The first-order valence-electron chi connectivity index (χ1n) is 5.44. The molecular formula is C13H16O3S. The molecule has 17 heavy (non-hydrogen) atoms. The lowest BCUT2D eigenvalue weighted by molar-refractivity contribution is -0.155. The van der Waals surface area contributed by atoms with E-state index < -0.39 is 11.6 Å². The molecule has 0 saturated carbocycles. The number of ketones is 1. The smallest absolute Gasteiger partial charge is 0.314 e. The number of hydrogen-bond acceptors (Lipinski definition) is 4. The summed E-state index contributed by atoms with van der Waals surface area (Å²) in [6.07, 6.45) is 5.60. The van der Waals surface area contributed by atoms with Crippen molar-refractivity contribution in [1.29, 1.82) is 0 Å². The van der Waals surface area contributed by atoms with Crippen molar-refractivity contribution >= 4 is 28.8 Å². The largest absolute Gasteiger partial charge is 0.460 e. The summed E-state index contributed by atoms with van der Waals surface area (Å²) in [5.41, 5.74) is -0.0872. The van der Waals surface area contributed by atoms with Gasteiger partial charge in [0, 0.05) is 16.9 Å². The van der Waals surface area contributed by atoms with E-state index in [0.717, 1.165) is 0 Å². The summed E-state index contributed by atoms with van der Waals surface area (Å²) in [4.78, 5) is 23.9. The van der Waals surface area contributed by atoms with E-state index in [1.165, 1.54) is 0 Å². The Labute approximate surface area is 107 Å². The molecule has 0 unspecified atom stereocenters. The topological polar surface area (TPSA) is 43.4 Å². The Bertz CT molecular complexity index is 411. The van der Waals surface area contributed by atoms with E-state index in [1.54, 1.807) is 32.9 Å². The number of ether oxygens (including phenoxy) is 1. The summed E-state index contributed by atoms with van der Waals surface area (Å²) in [7, 11) is 0. The summed E-state index contributed by atoms with van der Waals surface area (Å²) in [6, 6.07) is 0. The average Bonchev–Trinajstić information content (AvgIpc) is 2.14. The molecule has 0 aliphatic heterocycles. The predicted molar refractivity (Wildman–Crippen MR) is 69.9 cm³/mol. The minimum Gasteiger partial charge on any atom is -0.460 e. The SMILES string of the molecule is CC(C)(C)OC(=O)CC(=O)C1=CC(=S)CC=C1. The molecule has 0 atom stereocenters. The highest BCUT2D eigenvalue weighted by atomic mass is 32.1. The number of thiocarbonyl (C=S) groups is 1. The van der Waals surface area contributed by atoms with Gasteiger partial charge in [0.1, 0.15) is 12.0 Å². The highest BCUT2D eigenvalue weighted by Gasteiger charge is 2.20. The lowest BCUT2D eigenvalue weighted by Crippen LogP contribution is -2.25. The Kier molecular flexibility index (Phi) is 4.34. The molecular weight excluding hydrogens is 236 g/mol. The quantitative estimate of drug-likeness (QED) is 0.440. The van der Waals surface area contributed by atoms with Gasteiger partial charge in [0.15, 0.2) is 5.78 Å². The molecule has 3 nitrogen and oxygen atoms in total. The fourth-order valence-corrected chi connectivity index (χ4v) is 1.59. The zero-order valence-corrected chi connectivity index (χ0v) is 11.1. The minimum atomic E-state index is -0.566. The van der Waals surface area contributed by atoms with Crippen molar-refractivity contribution in [3.05, 3.63) is 23.8 Å². The molecule has 4 heteroatoms. The first-order chi connectivity index (χ1) is 7.78. The van der Waals surface area contributed by atoms with E-state index in [4.69, 9.17) is 17.0 Å². The zero-order valence-electron chi connectivity index (χ0n) is 10.3. The number of Topliss-reactive ketones (excluding diaryl/α,β-unsaturated/α-hetero) is 1. The van der Waals surface area contributed by atoms with Gasteiger partial charge in [-0.1, -0.05) is 24.4 Å². The Morgan fingerprint density at radius 3 is 2.59 bits per heavy atom. The molecule has 0 radical (unpaired) electrons. The molecule has 0 saturated heterocycles. The summed E-state index contributed by atoms with van der Waals surface area (Å²) in [6.45, 7) is 5.30. The maximum absolute atomic E-state index is 11.8. The molecule has 1 aliphatic rings. The monoisotopic (exact) mass is 252 g/mol. The highest BCUT2D eigenvalue weighted by molar-refractivity contribution is 7.80. The summed E-state index contributed by atoms with van der Waals surface area (Å²) in [5, 5.41) is 0. The number of esters is 1. The van der Waals surface area contributed by atoms with E-state index in [2.05, 4.69) is 0 Å². The van der Waals surface area contributed by atoms with Gasteiger partial charge in [-0.25, -0.2) is 0 Å². The van der Waals surface area contributed by atoms with Gasteiger partial charge in [-0.05, 0) is 26.8 Å². The summed E-state index contributed by atoms with van der Waals surface area (Å²) >= 11 is 5.01. The van der Waals surface area contributed by atoms with Gasteiger partial charge < -0.3 is 4.74 Å². The lowest BCUT2D eigenvalue weighted by atomic mass is 10.0. The van der Waals surface area contributed by atoms with Crippen LogP contribution in [0.15, 0.2) is 23.8 Å². The molecule has 0 amide bonds. The van der Waals surface area contributed by atoms with Gasteiger partial charge >= 0.3 is 5.97 Å². The molecule has 0 spiro atoms. The Balaban J connectivity index is 2.58. The third kappa shape index (κ3) is 5.04. The van der Waals surface area contributed by atoms with Crippen LogP contribution in [0, 0.1) is 0 Å². The van der Waals surface area contributed by atoms with Crippen molar-refractivity contribution in [2.75, 3.05) is 0 Å². The molecule has 0 heterocycles. The van der Waals surface area contributed by atoms with Crippen LogP contribution in [-0.2, 0) is 14.3 Å². The molecule has 0 aromatic rings. The van der Waals surface area contributed by atoms with Crippen LogP contribution in [0.4, 0.5) is 0 Å². The molecule has 0 aromatic carbocycles. The predicted octanol–water partition coefficient (Wildman–Crippen LogP) is 2.54. The fraction of sp³-hybridized carbons (Fsp3) is 0.462. The van der Waals surface area contributed by atoms with Crippen LogP contribution in [0.3, 0.4) is 0 Å². The maximum atomic E-state index is 11.8. The Morgan fingerprint density at radius 2 is 2.06 bits per heavy atom. The summed E-state index contributed by atoms with van der Waals surface area (Å²) in [5.74, 6) is -0.758. The van der Waals surface area contributed by atoms with E-state index in [0.29, 0.717) is 16.9 Å². The fourth-order valence-electron chi connectivity index (χ4n) is 1.37. The second-order valence-electron chi connectivity index (χ2n) is 4.86. The molecule has 0 aromatic heterocycles. The van der Waals surface area contributed by atoms with Gasteiger partial charge in [-0.3, -0.25) is 9.59 Å². The Morgan fingerprint density at radius 1 is 1.41 bits per heavy atom. The van der Waals surface area contributed by atoms with Gasteiger partial charge in [0.25, 0.3) is 0 Å². The molecule has 0 N–H and O–H groups in total. The number of carbonyl (C=O) groups excluding carboxylic acids is 2. The van der Waals surface area contributed by atoms with Crippen LogP contribution in [0.25, 0.3) is 0 Å². The maximum Gasteiger partial charge on any atom is 0.314 e. The first-order valence-corrected chi connectivity index (χ1v) is 5.85. The number of hydrogen-bond donors (Lipinski definition) is 0. The van der Waals surface area contributed by atoms with Crippen molar-refractivity contribution in [3.8, 4) is 0 Å². The molecule has 1 rings (SSSR count). The number of rotatable bonds is 3. The van der Waals surface area contributed by atoms with Crippen LogP contribution in [0.2, 0.25) is 0 Å². The third-order valence-electron chi connectivity index (χ3n) is 1.98. The van der Waals surface area contributed by atoms with Gasteiger partial charge in [0.05, 0.1) is 0 Å². The first kappa shape index (κ1) is 13.8. The molecule has 92 valence electrons. The van der Waals surface area contributed by atoms with E-state index >= 15 is 0 Å². The van der Waals surface area contributed by atoms with Crippen molar-refractivity contribution < 1.29 is 14.3 Å². The minimum absolute atomic E-state index is 0.240. The number of allylic oxidation sites excluding steroid dienone is 4. The normalized spacial score (nSPS) is 15.5. The molecule has 1 aliphatic carbocycles. The second-order valence-corrected chi connectivity index (χ2v) is 5.38. The van der Waals surface area contributed by atoms with E-state index in [-0.39, 0.29) is 12.2 Å². The second kappa shape index (κ2) is 5.36. The van der Waals surface area contributed by atoms with Crippen molar-refractivity contribution in [2.45, 2.75) is 39.2 Å². The van der Waals surface area contributed by atoms with Crippen LogP contribution in [0.5, 0.6) is 0 Å². The Hall–Kier alpha value is -1.29. The van der Waals surface area contributed by atoms with Gasteiger partial charge in [-0.2, -0.15) is 0 Å². The van der Waals surface area contributed by atoms with Crippen LogP contribution in [0.1, 0.15) is 33.6 Å². The molecule has 0 bridgehead atoms. The number of carbonyl (C=O) groups is 2. The lowest BCUT2D eigenvalue weighted by Gasteiger charge is -2.19. The highest BCUT2D eigenvalue weighted by Crippen LogP contribution is 2.13. The molecule has 0 fully saturated rings. The standard InChI is InChI=1S/C13H16O3S/c1-13(2,3)16-12(15)8-11(14)9-5-4-6-10(17)7-9/h4-5,7H,6,8H2,1-3H3. The van der Waals surface area contributed by atoms with Crippen LogP contribution >= 0.6 is 12.2 Å². The van der Waals surface area contributed by atoms with Gasteiger partial charge in [-0.15, -0.1) is 0 Å². The van der Waals surface area contributed by atoms with Crippen molar-refractivity contribution in [1.82, 2.24) is 0 Å². The van der Waals surface area contributed by atoms with E-state index in [9.17, 15) is 9.59 Å². The van der Waals surface area contributed by atoms with Crippen molar-refractivity contribution in [2.24, 2.45) is 0 Å². The third-order valence-corrected chi connectivity index (χ3v) is 2.26.